The fraction of sp³-hybridized carbons (Fsp3) is 0.562. The fourth-order valence-corrected chi connectivity index (χ4v) is 3.04. The van der Waals surface area contributed by atoms with E-state index in [1.165, 1.54) is 31.2 Å². The standard InChI is InChI=1S/C16H24N2OS/c1-11-8-9-15(19-3)14(10-11)18-16(20)17-13-7-5-4-6-12(13)2/h8-10,12-13H,4-7H2,1-3H3,(H2,17,18,20). The lowest BCUT2D eigenvalue weighted by atomic mass is 9.86. The third-order valence-corrected chi connectivity index (χ3v) is 4.25. The van der Waals surface area contributed by atoms with E-state index >= 15 is 0 Å². The first kappa shape index (κ1) is 15.1. The van der Waals surface area contributed by atoms with Crippen LogP contribution < -0.4 is 15.4 Å². The molecule has 1 aliphatic carbocycles. The van der Waals surface area contributed by atoms with Gasteiger partial charge in [-0.3, -0.25) is 0 Å². The highest BCUT2D eigenvalue weighted by Crippen LogP contribution is 2.26. The molecule has 0 radical (unpaired) electrons. The van der Waals surface area contributed by atoms with Crippen molar-refractivity contribution in [2.75, 3.05) is 12.4 Å². The third kappa shape index (κ3) is 3.85. The molecule has 110 valence electrons. The van der Waals surface area contributed by atoms with E-state index in [0.29, 0.717) is 17.1 Å². The van der Waals surface area contributed by atoms with Crippen LogP contribution in [-0.4, -0.2) is 18.3 Å². The van der Waals surface area contributed by atoms with Gasteiger partial charge in [0.2, 0.25) is 0 Å². The van der Waals surface area contributed by atoms with Gasteiger partial charge in [0.1, 0.15) is 5.75 Å². The highest BCUT2D eigenvalue weighted by molar-refractivity contribution is 7.80. The summed E-state index contributed by atoms with van der Waals surface area (Å²) in [6, 6.07) is 6.53. The molecular weight excluding hydrogens is 268 g/mol. The molecule has 0 heterocycles. The average Bonchev–Trinajstić information content (AvgIpc) is 2.41. The Labute approximate surface area is 127 Å². The van der Waals surface area contributed by atoms with E-state index in [2.05, 4.69) is 30.5 Å². The van der Waals surface area contributed by atoms with Crippen LogP contribution in [0.2, 0.25) is 0 Å². The lowest BCUT2D eigenvalue weighted by molar-refractivity contribution is 0.309. The zero-order chi connectivity index (χ0) is 14.5. The van der Waals surface area contributed by atoms with Gasteiger partial charge in [0, 0.05) is 6.04 Å². The number of benzene rings is 1. The van der Waals surface area contributed by atoms with Crippen molar-refractivity contribution < 1.29 is 4.74 Å². The van der Waals surface area contributed by atoms with E-state index in [0.717, 1.165) is 11.4 Å². The van der Waals surface area contributed by atoms with Crippen molar-refractivity contribution in [3.05, 3.63) is 23.8 Å². The lowest BCUT2D eigenvalue weighted by Crippen LogP contribution is -2.43. The van der Waals surface area contributed by atoms with Crippen molar-refractivity contribution in [3.63, 3.8) is 0 Å². The Morgan fingerprint density at radius 2 is 2.05 bits per heavy atom. The van der Waals surface area contributed by atoms with Gasteiger partial charge < -0.3 is 15.4 Å². The van der Waals surface area contributed by atoms with Gasteiger partial charge in [0.05, 0.1) is 12.8 Å². The minimum absolute atomic E-state index is 0.486. The molecule has 0 bridgehead atoms. The van der Waals surface area contributed by atoms with Crippen LogP contribution in [0.3, 0.4) is 0 Å². The lowest BCUT2D eigenvalue weighted by Gasteiger charge is -2.30. The molecule has 1 aromatic rings. The Morgan fingerprint density at radius 1 is 1.30 bits per heavy atom. The molecular formula is C16H24N2OS. The second-order valence-corrected chi connectivity index (χ2v) is 6.08. The number of hydrogen-bond donors (Lipinski definition) is 2. The third-order valence-electron chi connectivity index (χ3n) is 4.03. The average molecular weight is 292 g/mol. The first-order valence-corrected chi connectivity index (χ1v) is 7.73. The van der Waals surface area contributed by atoms with Gasteiger partial charge in [-0.05, 0) is 55.6 Å². The summed E-state index contributed by atoms with van der Waals surface area (Å²) in [5.74, 6) is 1.50. The summed E-state index contributed by atoms with van der Waals surface area (Å²) in [4.78, 5) is 0. The van der Waals surface area contributed by atoms with E-state index in [1.54, 1.807) is 7.11 Å². The van der Waals surface area contributed by atoms with E-state index in [-0.39, 0.29) is 0 Å². The minimum Gasteiger partial charge on any atom is -0.495 e. The Kier molecular flexibility index (Phi) is 5.24. The summed E-state index contributed by atoms with van der Waals surface area (Å²) in [6.45, 7) is 4.36. The van der Waals surface area contributed by atoms with Crippen molar-refractivity contribution in [2.45, 2.75) is 45.6 Å². The summed E-state index contributed by atoms with van der Waals surface area (Å²) >= 11 is 5.44. The van der Waals surface area contributed by atoms with Crippen LogP contribution in [0, 0.1) is 12.8 Å². The molecule has 1 fully saturated rings. The largest absolute Gasteiger partial charge is 0.495 e. The highest BCUT2D eigenvalue weighted by Gasteiger charge is 2.21. The molecule has 3 nitrogen and oxygen atoms in total. The molecule has 2 N–H and O–H groups in total. The summed E-state index contributed by atoms with van der Waals surface area (Å²) in [6.07, 6.45) is 5.12. The van der Waals surface area contributed by atoms with Crippen LogP contribution in [0.1, 0.15) is 38.2 Å². The normalized spacial score (nSPS) is 22.1. The summed E-state index contributed by atoms with van der Waals surface area (Å²) in [5, 5.41) is 7.41. The van der Waals surface area contributed by atoms with Gasteiger partial charge in [0.15, 0.2) is 5.11 Å². The van der Waals surface area contributed by atoms with Gasteiger partial charge in [0.25, 0.3) is 0 Å². The summed E-state index contributed by atoms with van der Waals surface area (Å²) < 4.78 is 5.36. The number of hydrogen-bond acceptors (Lipinski definition) is 2. The van der Waals surface area contributed by atoms with E-state index in [9.17, 15) is 0 Å². The molecule has 2 atom stereocenters. The second-order valence-electron chi connectivity index (χ2n) is 5.67. The number of aryl methyl sites for hydroxylation is 1. The second kappa shape index (κ2) is 6.93. The molecule has 0 aromatic heterocycles. The van der Waals surface area contributed by atoms with Crippen molar-refractivity contribution in [1.29, 1.82) is 0 Å². The predicted octanol–water partition coefficient (Wildman–Crippen LogP) is 3.87. The van der Waals surface area contributed by atoms with Crippen molar-refractivity contribution in [1.82, 2.24) is 5.32 Å². The van der Waals surface area contributed by atoms with Crippen molar-refractivity contribution in [2.24, 2.45) is 5.92 Å². The van der Waals surface area contributed by atoms with Crippen LogP contribution >= 0.6 is 12.2 Å². The van der Waals surface area contributed by atoms with Gasteiger partial charge in [-0.15, -0.1) is 0 Å². The smallest absolute Gasteiger partial charge is 0.171 e. The monoisotopic (exact) mass is 292 g/mol. The molecule has 2 unspecified atom stereocenters. The van der Waals surface area contributed by atoms with Crippen LogP contribution in [0.15, 0.2) is 18.2 Å². The number of nitrogens with one attached hydrogen (secondary N) is 2. The van der Waals surface area contributed by atoms with Crippen LogP contribution in [0.25, 0.3) is 0 Å². The Balaban J connectivity index is 1.99. The quantitative estimate of drug-likeness (QED) is 0.829. The van der Waals surface area contributed by atoms with Gasteiger partial charge >= 0.3 is 0 Å². The Morgan fingerprint density at radius 3 is 2.75 bits per heavy atom. The molecule has 1 aromatic carbocycles. The predicted molar refractivity (Wildman–Crippen MR) is 88.5 cm³/mol. The zero-order valence-electron chi connectivity index (χ0n) is 12.5. The molecule has 20 heavy (non-hydrogen) atoms. The maximum atomic E-state index is 5.44. The van der Waals surface area contributed by atoms with Crippen LogP contribution in [0.4, 0.5) is 5.69 Å². The molecule has 1 aliphatic rings. The number of anilines is 1. The molecule has 4 heteroatoms. The fourth-order valence-electron chi connectivity index (χ4n) is 2.78. The first-order valence-electron chi connectivity index (χ1n) is 7.32. The zero-order valence-corrected chi connectivity index (χ0v) is 13.3. The SMILES string of the molecule is COc1ccc(C)cc1NC(=S)NC1CCCCC1C. The topological polar surface area (TPSA) is 33.3 Å². The molecule has 0 amide bonds. The molecule has 0 aliphatic heterocycles. The first-order chi connectivity index (χ1) is 9.60. The number of ether oxygens (including phenoxy) is 1. The molecule has 1 saturated carbocycles. The minimum atomic E-state index is 0.486. The molecule has 2 rings (SSSR count). The number of methoxy groups -OCH3 is 1. The number of rotatable bonds is 3. The summed E-state index contributed by atoms with van der Waals surface area (Å²) in [5.41, 5.74) is 2.11. The van der Waals surface area contributed by atoms with E-state index < -0.39 is 0 Å². The van der Waals surface area contributed by atoms with Gasteiger partial charge in [-0.1, -0.05) is 25.8 Å². The van der Waals surface area contributed by atoms with E-state index in [1.807, 2.05) is 12.1 Å². The number of thiocarbonyl (C=S) groups is 1. The Hall–Kier alpha value is -1.29. The van der Waals surface area contributed by atoms with Crippen molar-refractivity contribution in [3.8, 4) is 5.75 Å². The highest BCUT2D eigenvalue weighted by atomic mass is 32.1. The van der Waals surface area contributed by atoms with Gasteiger partial charge in [-0.2, -0.15) is 0 Å². The van der Waals surface area contributed by atoms with Crippen molar-refractivity contribution >= 4 is 23.0 Å². The Bertz CT molecular complexity index is 476. The summed E-state index contributed by atoms with van der Waals surface area (Å²) in [7, 11) is 1.68. The van der Waals surface area contributed by atoms with Gasteiger partial charge in [-0.25, -0.2) is 0 Å². The molecule has 0 spiro atoms. The maximum Gasteiger partial charge on any atom is 0.171 e. The van der Waals surface area contributed by atoms with E-state index in [4.69, 9.17) is 17.0 Å². The maximum absolute atomic E-state index is 5.44. The van der Waals surface area contributed by atoms with Crippen LogP contribution in [-0.2, 0) is 0 Å². The molecule has 0 saturated heterocycles. The van der Waals surface area contributed by atoms with Crippen LogP contribution in [0.5, 0.6) is 5.75 Å².